The van der Waals surface area contributed by atoms with Crippen molar-refractivity contribution < 1.29 is 19.0 Å². The van der Waals surface area contributed by atoms with E-state index >= 15 is 0 Å². The highest BCUT2D eigenvalue weighted by molar-refractivity contribution is 5.91. The second-order valence-electron chi connectivity index (χ2n) is 5.71. The van der Waals surface area contributed by atoms with Gasteiger partial charge in [-0.3, -0.25) is 0 Å². The van der Waals surface area contributed by atoms with Crippen molar-refractivity contribution >= 4 is 5.97 Å². The van der Waals surface area contributed by atoms with E-state index in [1.807, 2.05) is 60.7 Å². The van der Waals surface area contributed by atoms with Crippen molar-refractivity contribution in [3.63, 3.8) is 0 Å². The molecular formula is C22H20O4. The summed E-state index contributed by atoms with van der Waals surface area (Å²) in [6.45, 7) is 0.525. The molecule has 3 aromatic carbocycles. The van der Waals surface area contributed by atoms with Crippen molar-refractivity contribution in [1.82, 2.24) is 0 Å². The molecule has 0 heterocycles. The molecule has 0 radical (unpaired) electrons. The van der Waals surface area contributed by atoms with Gasteiger partial charge in [0.15, 0.2) is 0 Å². The molecule has 0 fully saturated rings. The zero-order valence-corrected chi connectivity index (χ0v) is 14.8. The van der Waals surface area contributed by atoms with E-state index in [0.29, 0.717) is 17.9 Å². The molecule has 0 unspecified atom stereocenters. The fourth-order valence-corrected chi connectivity index (χ4v) is 2.65. The quantitative estimate of drug-likeness (QED) is 0.604. The van der Waals surface area contributed by atoms with Crippen molar-refractivity contribution in [2.45, 2.75) is 6.61 Å². The van der Waals surface area contributed by atoms with Crippen LogP contribution in [0, 0.1) is 0 Å². The topological polar surface area (TPSA) is 44.8 Å². The zero-order valence-electron chi connectivity index (χ0n) is 14.8. The Bertz CT molecular complexity index is 870. The Morgan fingerprint density at radius 3 is 2.27 bits per heavy atom. The van der Waals surface area contributed by atoms with Gasteiger partial charge in [-0.25, -0.2) is 4.79 Å². The van der Waals surface area contributed by atoms with E-state index in [9.17, 15) is 4.79 Å². The molecular weight excluding hydrogens is 328 g/mol. The molecule has 0 atom stereocenters. The van der Waals surface area contributed by atoms with Crippen LogP contribution in [0.25, 0.3) is 11.1 Å². The summed E-state index contributed by atoms with van der Waals surface area (Å²) < 4.78 is 16.0. The first-order valence-corrected chi connectivity index (χ1v) is 8.25. The van der Waals surface area contributed by atoms with Gasteiger partial charge in [0.25, 0.3) is 0 Å². The molecule has 0 saturated heterocycles. The van der Waals surface area contributed by atoms with Gasteiger partial charge in [-0.1, -0.05) is 42.5 Å². The fourth-order valence-electron chi connectivity index (χ4n) is 2.65. The maximum atomic E-state index is 11.7. The van der Waals surface area contributed by atoms with E-state index in [1.54, 1.807) is 19.2 Å². The minimum absolute atomic E-state index is 0.389. The third kappa shape index (κ3) is 4.03. The molecule has 0 spiro atoms. The average Bonchev–Trinajstić information content (AvgIpc) is 2.72. The van der Waals surface area contributed by atoms with Gasteiger partial charge in [-0.05, 0) is 41.5 Å². The minimum atomic E-state index is -0.389. The second-order valence-corrected chi connectivity index (χ2v) is 5.71. The summed E-state index contributed by atoms with van der Waals surface area (Å²) in [6.07, 6.45) is 0. The number of hydrogen-bond acceptors (Lipinski definition) is 4. The fraction of sp³-hybridized carbons (Fsp3) is 0.136. The summed E-state index contributed by atoms with van der Waals surface area (Å²) in [4.78, 5) is 11.7. The number of carbonyl (C=O) groups is 1. The predicted octanol–water partition coefficient (Wildman–Crippen LogP) is 4.73. The molecule has 4 heteroatoms. The van der Waals surface area contributed by atoms with Gasteiger partial charge >= 0.3 is 5.97 Å². The van der Waals surface area contributed by atoms with Gasteiger partial charge in [-0.15, -0.1) is 0 Å². The Morgan fingerprint density at radius 1 is 0.885 bits per heavy atom. The van der Waals surface area contributed by atoms with Crippen molar-refractivity contribution in [3.05, 3.63) is 83.9 Å². The standard InChI is InChI=1S/C22H20O4/c1-24-21-14-18(22(23)25-2)10-13-20(21)17-8-11-19(12-9-17)26-15-16-6-4-3-5-7-16/h3-14H,15H2,1-2H3. The number of methoxy groups -OCH3 is 2. The summed E-state index contributed by atoms with van der Waals surface area (Å²) in [7, 11) is 2.94. The highest BCUT2D eigenvalue weighted by atomic mass is 16.5. The average molecular weight is 348 g/mol. The SMILES string of the molecule is COC(=O)c1ccc(-c2ccc(OCc3ccccc3)cc2)c(OC)c1. The molecule has 0 amide bonds. The lowest BCUT2D eigenvalue weighted by Gasteiger charge is -2.11. The van der Waals surface area contributed by atoms with Gasteiger partial charge in [0.2, 0.25) is 0 Å². The van der Waals surface area contributed by atoms with Gasteiger partial charge in [-0.2, -0.15) is 0 Å². The molecule has 0 aliphatic carbocycles. The van der Waals surface area contributed by atoms with Gasteiger partial charge in [0.1, 0.15) is 18.1 Å². The van der Waals surface area contributed by atoms with Crippen LogP contribution in [-0.2, 0) is 11.3 Å². The second kappa shape index (κ2) is 8.21. The number of esters is 1. The largest absolute Gasteiger partial charge is 0.496 e. The highest BCUT2D eigenvalue weighted by Gasteiger charge is 2.12. The lowest BCUT2D eigenvalue weighted by atomic mass is 10.0. The molecule has 0 aliphatic rings. The van der Waals surface area contributed by atoms with E-state index in [-0.39, 0.29) is 5.97 Å². The van der Waals surface area contributed by atoms with Crippen molar-refractivity contribution in [3.8, 4) is 22.6 Å². The first-order valence-electron chi connectivity index (χ1n) is 8.25. The molecule has 3 aromatic rings. The van der Waals surface area contributed by atoms with Crippen LogP contribution in [0.4, 0.5) is 0 Å². The molecule has 4 nitrogen and oxygen atoms in total. The van der Waals surface area contributed by atoms with E-state index < -0.39 is 0 Å². The zero-order chi connectivity index (χ0) is 18.4. The first-order chi connectivity index (χ1) is 12.7. The van der Waals surface area contributed by atoms with Crippen LogP contribution >= 0.6 is 0 Å². The molecule has 132 valence electrons. The Kier molecular flexibility index (Phi) is 5.54. The summed E-state index contributed by atoms with van der Waals surface area (Å²) in [5.74, 6) is 1.02. The number of hydrogen-bond donors (Lipinski definition) is 0. The maximum Gasteiger partial charge on any atom is 0.337 e. The summed E-state index contributed by atoms with van der Waals surface area (Å²) in [6, 6.07) is 23.1. The van der Waals surface area contributed by atoms with E-state index in [1.165, 1.54) is 7.11 Å². The summed E-state index contributed by atoms with van der Waals surface area (Å²) in [5.41, 5.74) is 3.45. The smallest absolute Gasteiger partial charge is 0.337 e. The Hall–Kier alpha value is -3.27. The number of ether oxygens (including phenoxy) is 3. The van der Waals surface area contributed by atoms with E-state index in [0.717, 1.165) is 22.4 Å². The number of rotatable bonds is 6. The Balaban J connectivity index is 1.76. The van der Waals surface area contributed by atoms with Crippen LogP contribution < -0.4 is 9.47 Å². The highest BCUT2D eigenvalue weighted by Crippen LogP contribution is 2.32. The van der Waals surface area contributed by atoms with Crippen LogP contribution in [0.1, 0.15) is 15.9 Å². The summed E-state index contributed by atoms with van der Waals surface area (Å²) >= 11 is 0. The molecule has 0 bridgehead atoms. The van der Waals surface area contributed by atoms with Crippen LogP contribution in [0.5, 0.6) is 11.5 Å². The monoisotopic (exact) mass is 348 g/mol. The third-order valence-corrected chi connectivity index (χ3v) is 4.04. The number of carbonyl (C=O) groups excluding carboxylic acids is 1. The predicted molar refractivity (Wildman–Crippen MR) is 101 cm³/mol. The Labute approximate surface area is 153 Å². The number of benzene rings is 3. The van der Waals surface area contributed by atoms with Crippen LogP contribution in [0.3, 0.4) is 0 Å². The normalized spacial score (nSPS) is 10.2. The van der Waals surface area contributed by atoms with E-state index in [4.69, 9.17) is 14.2 Å². The molecule has 0 N–H and O–H groups in total. The molecule has 0 saturated carbocycles. The van der Waals surface area contributed by atoms with Gasteiger partial charge in [0.05, 0.1) is 19.8 Å². The van der Waals surface area contributed by atoms with E-state index in [2.05, 4.69) is 0 Å². The van der Waals surface area contributed by atoms with Crippen LogP contribution in [0.15, 0.2) is 72.8 Å². The maximum absolute atomic E-state index is 11.7. The van der Waals surface area contributed by atoms with Crippen molar-refractivity contribution in [2.75, 3.05) is 14.2 Å². The molecule has 26 heavy (non-hydrogen) atoms. The third-order valence-electron chi connectivity index (χ3n) is 4.04. The van der Waals surface area contributed by atoms with Gasteiger partial charge in [0, 0.05) is 5.56 Å². The minimum Gasteiger partial charge on any atom is -0.496 e. The lowest BCUT2D eigenvalue weighted by Crippen LogP contribution is -2.02. The summed E-state index contributed by atoms with van der Waals surface area (Å²) in [5, 5.41) is 0. The molecule has 3 rings (SSSR count). The van der Waals surface area contributed by atoms with Crippen LogP contribution in [-0.4, -0.2) is 20.2 Å². The first kappa shape index (κ1) is 17.5. The molecule has 0 aromatic heterocycles. The molecule has 0 aliphatic heterocycles. The Morgan fingerprint density at radius 2 is 1.62 bits per heavy atom. The van der Waals surface area contributed by atoms with Gasteiger partial charge < -0.3 is 14.2 Å². The van der Waals surface area contributed by atoms with Crippen molar-refractivity contribution in [1.29, 1.82) is 0 Å². The van der Waals surface area contributed by atoms with Crippen LogP contribution in [0.2, 0.25) is 0 Å². The van der Waals surface area contributed by atoms with Crippen molar-refractivity contribution in [2.24, 2.45) is 0 Å². The lowest BCUT2D eigenvalue weighted by molar-refractivity contribution is 0.0600.